The first-order valence-electron chi connectivity index (χ1n) is 9.61. The minimum atomic E-state index is -0.810. The molecule has 0 fully saturated rings. The van der Waals surface area contributed by atoms with Gasteiger partial charge in [-0.1, -0.05) is 30.3 Å². The Morgan fingerprint density at radius 3 is 2.03 bits per heavy atom. The van der Waals surface area contributed by atoms with Crippen molar-refractivity contribution in [2.45, 2.75) is 65.8 Å². The molecule has 1 aromatic carbocycles. The molecule has 2 N–H and O–H groups in total. The van der Waals surface area contributed by atoms with Crippen LogP contribution in [0.4, 0.5) is 14.4 Å². The number of alkyl carbamates (subject to hydrolysis) is 1. The Hall–Kier alpha value is -2.97. The fourth-order valence-corrected chi connectivity index (χ4v) is 2.50. The lowest BCUT2D eigenvalue weighted by Gasteiger charge is -2.34. The number of carbonyl (C=O) groups excluding carboxylic acids is 3. The Balaban J connectivity index is 3.19. The first-order valence-corrected chi connectivity index (χ1v) is 9.61. The summed E-state index contributed by atoms with van der Waals surface area (Å²) in [6, 6.07) is 7.62. The maximum Gasteiger partial charge on any atom is 0.429 e. The molecular weight excluding hydrogens is 378 g/mol. The number of hydrogen-bond acceptors (Lipinski definition) is 6. The topological polar surface area (TPSA) is 106 Å². The summed E-state index contributed by atoms with van der Waals surface area (Å²) >= 11 is 0. The number of amides is 3. The average molecular weight is 409 g/mol. The van der Waals surface area contributed by atoms with Gasteiger partial charge < -0.3 is 19.5 Å². The van der Waals surface area contributed by atoms with Crippen LogP contribution in [0.25, 0.3) is 0 Å². The van der Waals surface area contributed by atoms with E-state index in [9.17, 15) is 14.4 Å². The number of hydrogen-bond donors (Lipinski definition) is 2. The van der Waals surface area contributed by atoms with Crippen molar-refractivity contribution in [2.24, 2.45) is 0 Å². The van der Waals surface area contributed by atoms with Crippen molar-refractivity contribution in [1.82, 2.24) is 15.8 Å². The molecule has 0 aromatic heterocycles. The predicted molar refractivity (Wildman–Crippen MR) is 107 cm³/mol. The Kier molecular flexibility index (Phi) is 9.78. The molecule has 0 radical (unpaired) electrons. The summed E-state index contributed by atoms with van der Waals surface area (Å²) in [6.07, 6.45) is -3.02. The van der Waals surface area contributed by atoms with E-state index in [1.165, 1.54) is 0 Å². The highest BCUT2D eigenvalue weighted by Gasteiger charge is 2.33. The number of nitrogens with zero attached hydrogens (tertiary/aromatic N) is 1. The largest absolute Gasteiger partial charge is 0.450 e. The molecule has 0 aliphatic carbocycles. The lowest BCUT2D eigenvalue weighted by Crippen LogP contribution is -2.56. The lowest BCUT2D eigenvalue weighted by atomic mass is 10.0. The van der Waals surface area contributed by atoms with Gasteiger partial charge in [-0.25, -0.2) is 24.8 Å². The standard InChI is InChI=1S/C20H31N3O6/c1-7-27-18(24)21-17(16-11-9-8-10-12-16)15(6)23(20(26)29-14(4)5)22-19(25)28-13(2)3/h8-15,17H,7H2,1-6H3,(H,21,24)(H,22,25)/t15-,17+/m1/s1. The van der Waals surface area contributed by atoms with Crippen LogP contribution in [0, 0.1) is 0 Å². The third-order valence-electron chi connectivity index (χ3n) is 3.68. The smallest absolute Gasteiger partial charge is 0.429 e. The van der Waals surface area contributed by atoms with Crippen LogP contribution < -0.4 is 10.7 Å². The molecule has 3 amide bonds. The zero-order valence-corrected chi connectivity index (χ0v) is 17.8. The van der Waals surface area contributed by atoms with Crippen LogP contribution in [0.2, 0.25) is 0 Å². The molecular formula is C20H31N3O6. The SMILES string of the molecule is CCOC(=O)N[C@H](c1ccccc1)[C@@H](C)N(NC(=O)OC(C)C)C(=O)OC(C)C. The number of ether oxygens (including phenoxy) is 3. The summed E-state index contributed by atoms with van der Waals surface area (Å²) in [6.45, 7) is 10.3. The zero-order valence-electron chi connectivity index (χ0n) is 17.8. The van der Waals surface area contributed by atoms with E-state index in [4.69, 9.17) is 14.2 Å². The van der Waals surface area contributed by atoms with Gasteiger partial charge in [0.05, 0.1) is 30.9 Å². The van der Waals surface area contributed by atoms with Crippen LogP contribution in [0.1, 0.15) is 53.1 Å². The van der Waals surface area contributed by atoms with Gasteiger partial charge in [0.2, 0.25) is 0 Å². The monoisotopic (exact) mass is 409 g/mol. The van der Waals surface area contributed by atoms with Gasteiger partial charge in [-0.15, -0.1) is 0 Å². The second-order valence-electron chi connectivity index (χ2n) is 6.86. The Morgan fingerprint density at radius 2 is 1.52 bits per heavy atom. The highest BCUT2D eigenvalue weighted by molar-refractivity contribution is 5.75. The molecule has 29 heavy (non-hydrogen) atoms. The zero-order chi connectivity index (χ0) is 22.0. The summed E-state index contributed by atoms with van der Waals surface area (Å²) in [4.78, 5) is 36.9. The van der Waals surface area contributed by atoms with Gasteiger partial charge in [-0.2, -0.15) is 0 Å². The molecule has 2 atom stereocenters. The molecule has 0 aliphatic heterocycles. The highest BCUT2D eigenvalue weighted by Crippen LogP contribution is 2.21. The van der Waals surface area contributed by atoms with E-state index in [0.29, 0.717) is 0 Å². The minimum absolute atomic E-state index is 0.194. The Bertz CT molecular complexity index is 665. The van der Waals surface area contributed by atoms with E-state index in [2.05, 4.69) is 10.7 Å². The van der Waals surface area contributed by atoms with Crippen molar-refractivity contribution in [3.63, 3.8) is 0 Å². The van der Waals surface area contributed by atoms with Crippen molar-refractivity contribution < 1.29 is 28.6 Å². The van der Waals surface area contributed by atoms with Crippen molar-refractivity contribution >= 4 is 18.3 Å². The maximum absolute atomic E-state index is 12.7. The molecule has 0 saturated carbocycles. The van der Waals surface area contributed by atoms with Crippen molar-refractivity contribution in [1.29, 1.82) is 0 Å². The van der Waals surface area contributed by atoms with Crippen LogP contribution in [0.15, 0.2) is 30.3 Å². The maximum atomic E-state index is 12.7. The molecule has 0 bridgehead atoms. The average Bonchev–Trinajstić information content (AvgIpc) is 2.63. The van der Waals surface area contributed by atoms with Gasteiger partial charge in [0.15, 0.2) is 0 Å². The molecule has 9 heteroatoms. The van der Waals surface area contributed by atoms with Crippen LogP contribution in [-0.4, -0.2) is 48.1 Å². The van der Waals surface area contributed by atoms with E-state index in [1.54, 1.807) is 65.8 Å². The third kappa shape index (κ3) is 8.28. The van der Waals surface area contributed by atoms with Crippen LogP contribution in [0.5, 0.6) is 0 Å². The first-order chi connectivity index (χ1) is 13.6. The van der Waals surface area contributed by atoms with Gasteiger partial charge in [-0.05, 0) is 47.1 Å². The molecule has 0 aliphatic rings. The Labute approximate surface area is 171 Å². The number of carbonyl (C=O) groups is 3. The van der Waals surface area contributed by atoms with E-state index in [1.807, 2.05) is 6.07 Å². The molecule has 0 saturated heterocycles. The third-order valence-corrected chi connectivity index (χ3v) is 3.68. The van der Waals surface area contributed by atoms with Crippen LogP contribution >= 0.6 is 0 Å². The molecule has 1 rings (SSSR count). The highest BCUT2D eigenvalue weighted by atomic mass is 16.6. The van der Waals surface area contributed by atoms with E-state index < -0.39 is 36.5 Å². The number of nitrogens with one attached hydrogen (secondary N) is 2. The van der Waals surface area contributed by atoms with Gasteiger partial charge in [0.25, 0.3) is 0 Å². The van der Waals surface area contributed by atoms with Crippen molar-refractivity contribution in [3.8, 4) is 0 Å². The molecule has 162 valence electrons. The van der Waals surface area contributed by atoms with E-state index >= 15 is 0 Å². The number of rotatable bonds is 7. The molecule has 1 aromatic rings. The van der Waals surface area contributed by atoms with Gasteiger partial charge in [0, 0.05) is 0 Å². The van der Waals surface area contributed by atoms with Gasteiger partial charge in [-0.3, -0.25) is 0 Å². The summed E-state index contributed by atoms with van der Waals surface area (Å²) in [7, 11) is 0. The summed E-state index contributed by atoms with van der Waals surface area (Å²) in [5.74, 6) is 0. The first kappa shape index (κ1) is 24.1. The van der Waals surface area contributed by atoms with Crippen molar-refractivity contribution in [2.75, 3.05) is 6.61 Å². The quantitative estimate of drug-likeness (QED) is 0.525. The number of hydrazine groups is 1. The minimum Gasteiger partial charge on any atom is -0.450 e. The normalized spacial score (nSPS) is 12.7. The summed E-state index contributed by atoms with van der Waals surface area (Å²) < 4.78 is 15.3. The second kappa shape index (κ2) is 11.8. The second-order valence-corrected chi connectivity index (χ2v) is 6.86. The molecule has 9 nitrogen and oxygen atoms in total. The molecule has 0 unspecified atom stereocenters. The molecule has 0 spiro atoms. The molecule has 0 heterocycles. The fraction of sp³-hybridized carbons (Fsp3) is 0.550. The Morgan fingerprint density at radius 1 is 0.931 bits per heavy atom. The van der Waals surface area contributed by atoms with Crippen LogP contribution in [-0.2, 0) is 14.2 Å². The summed E-state index contributed by atoms with van der Waals surface area (Å²) in [5.41, 5.74) is 3.13. The van der Waals surface area contributed by atoms with Crippen LogP contribution in [0.3, 0.4) is 0 Å². The summed E-state index contributed by atoms with van der Waals surface area (Å²) in [5, 5.41) is 3.74. The fourth-order valence-electron chi connectivity index (χ4n) is 2.50. The van der Waals surface area contributed by atoms with E-state index in [-0.39, 0.29) is 12.7 Å². The lowest BCUT2D eigenvalue weighted by molar-refractivity contribution is 0.0269. The van der Waals surface area contributed by atoms with Crippen molar-refractivity contribution in [3.05, 3.63) is 35.9 Å². The van der Waals surface area contributed by atoms with E-state index in [0.717, 1.165) is 10.6 Å². The number of benzene rings is 1. The van der Waals surface area contributed by atoms with Gasteiger partial charge in [0.1, 0.15) is 0 Å². The predicted octanol–water partition coefficient (Wildman–Crippen LogP) is 3.76. The van der Waals surface area contributed by atoms with Gasteiger partial charge >= 0.3 is 18.3 Å².